The van der Waals surface area contributed by atoms with Gasteiger partial charge in [-0.1, -0.05) is 37.3 Å². The first kappa shape index (κ1) is 10.8. The summed E-state index contributed by atoms with van der Waals surface area (Å²) in [6.07, 6.45) is 0.983. The van der Waals surface area contributed by atoms with Crippen molar-refractivity contribution in [3.05, 3.63) is 35.9 Å². The van der Waals surface area contributed by atoms with E-state index >= 15 is 0 Å². The fourth-order valence-corrected chi connectivity index (χ4v) is 1.39. The Bertz CT molecular complexity index is 280. The summed E-state index contributed by atoms with van der Waals surface area (Å²) in [4.78, 5) is 10.7. The number of esters is 1. The first-order valence-electron chi connectivity index (χ1n) is 4.92. The minimum Gasteiger partial charge on any atom is -0.465 e. The van der Waals surface area contributed by atoms with Gasteiger partial charge in [0, 0.05) is 12.8 Å². The van der Waals surface area contributed by atoms with Crippen LogP contribution in [0.5, 0.6) is 0 Å². The third-order valence-electron chi connectivity index (χ3n) is 2.25. The highest BCUT2D eigenvalue weighted by atomic mass is 16.5. The molecule has 0 aliphatic rings. The lowest BCUT2D eigenvalue weighted by Gasteiger charge is -2.14. The Kier molecular flexibility index (Phi) is 4.17. The molecule has 76 valence electrons. The fourth-order valence-electron chi connectivity index (χ4n) is 1.39. The zero-order chi connectivity index (χ0) is 10.4. The van der Waals surface area contributed by atoms with E-state index in [1.54, 1.807) is 0 Å². The van der Waals surface area contributed by atoms with Gasteiger partial charge in [-0.15, -0.1) is 0 Å². The smallest absolute Gasteiger partial charge is 0.302 e. The molecule has 0 aliphatic heterocycles. The maximum atomic E-state index is 10.7. The molecule has 1 rings (SSSR count). The molecule has 1 aromatic rings. The van der Waals surface area contributed by atoms with Gasteiger partial charge in [-0.05, 0) is 12.0 Å². The van der Waals surface area contributed by atoms with Gasteiger partial charge in [-0.2, -0.15) is 0 Å². The SMILES string of the molecule is CC[C@@H](COC(C)=O)c1ccccc1. The minimum atomic E-state index is -0.209. The Balaban J connectivity index is 2.58. The Morgan fingerprint density at radius 3 is 2.50 bits per heavy atom. The molecular formula is C12H16O2. The van der Waals surface area contributed by atoms with Crippen LogP contribution < -0.4 is 0 Å². The molecule has 0 saturated heterocycles. The van der Waals surface area contributed by atoms with Gasteiger partial charge >= 0.3 is 5.97 Å². The van der Waals surface area contributed by atoms with Gasteiger partial charge < -0.3 is 4.74 Å². The number of hydrogen-bond donors (Lipinski definition) is 0. The van der Waals surface area contributed by atoms with Crippen molar-refractivity contribution in [1.82, 2.24) is 0 Å². The Morgan fingerprint density at radius 2 is 2.00 bits per heavy atom. The van der Waals surface area contributed by atoms with Crippen LogP contribution in [0.4, 0.5) is 0 Å². The number of carbonyl (C=O) groups is 1. The lowest BCUT2D eigenvalue weighted by molar-refractivity contribution is -0.141. The molecule has 0 saturated carbocycles. The molecule has 1 aromatic carbocycles. The highest BCUT2D eigenvalue weighted by Crippen LogP contribution is 2.19. The first-order chi connectivity index (χ1) is 6.74. The van der Waals surface area contributed by atoms with Crippen molar-refractivity contribution in [2.75, 3.05) is 6.61 Å². The largest absolute Gasteiger partial charge is 0.465 e. The summed E-state index contributed by atoms with van der Waals surface area (Å²) in [6, 6.07) is 10.1. The van der Waals surface area contributed by atoms with Crippen LogP contribution in [0.3, 0.4) is 0 Å². The van der Waals surface area contributed by atoms with Crippen LogP contribution in [0.2, 0.25) is 0 Å². The standard InChI is InChI=1S/C12H16O2/c1-3-11(9-14-10(2)13)12-7-5-4-6-8-12/h4-8,11H,3,9H2,1-2H3/t11-/m0/s1. The van der Waals surface area contributed by atoms with Gasteiger partial charge in [0.2, 0.25) is 0 Å². The number of hydrogen-bond acceptors (Lipinski definition) is 2. The van der Waals surface area contributed by atoms with E-state index in [1.165, 1.54) is 12.5 Å². The van der Waals surface area contributed by atoms with E-state index < -0.39 is 0 Å². The van der Waals surface area contributed by atoms with Gasteiger partial charge in [0.05, 0.1) is 6.61 Å². The second kappa shape index (κ2) is 5.43. The highest BCUT2D eigenvalue weighted by Gasteiger charge is 2.09. The summed E-state index contributed by atoms with van der Waals surface area (Å²) >= 11 is 0. The maximum absolute atomic E-state index is 10.7. The molecule has 0 radical (unpaired) electrons. The average molecular weight is 192 g/mol. The highest BCUT2D eigenvalue weighted by molar-refractivity contribution is 5.65. The van der Waals surface area contributed by atoms with E-state index in [2.05, 4.69) is 19.1 Å². The molecule has 0 aliphatic carbocycles. The first-order valence-corrected chi connectivity index (χ1v) is 4.92. The normalized spacial score (nSPS) is 12.1. The van der Waals surface area contributed by atoms with Crippen molar-refractivity contribution in [2.24, 2.45) is 0 Å². The number of ether oxygens (including phenoxy) is 1. The van der Waals surface area contributed by atoms with Crippen molar-refractivity contribution in [3.63, 3.8) is 0 Å². The van der Waals surface area contributed by atoms with Crippen molar-refractivity contribution >= 4 is 5.97 Å². The Hall–Kier alpha value is -1.31. The third-order valence-corrected chi connectivity index (χ3v) is 2.25. The van der Waals surface area contributed by atoms with Gasteiger partial charge in [0.1, 0.15) is 0 Å². The summed E-state index contributed by atoms with van der Waals surface area (Å²) in [7, 11) is 0. The van der Waals surface area contributed by atoms with Gasteiger partial charge in [-0.3, -0.25) is 4.79 Å². The zero-order valence-electron chi connectivity index (χ0n) is 8.69. The quantitative estimate of drug-likeness (QED) is 0.686. The second-order valence-electron chi connectivity index (χ2n) is 3.32. The van der Waals surface area contributed by atoms with Crippen LogP contribution >= 0.6 is 0 Å². The molecule has 0 spiro atoms. The molecule has 2 heteroatoms. The van der Waals surface area contributed by atoms with E-state index in [1.807, 2.05) is 18.2 Å². The second-order valence-corrected chi connectivity index (χ2v) is 3.32. The van der Waals surface area contributed by atoms with Crippen LogP contribution in [0.25, 0.3) is 0 Å². The predicted octanol–water partition coefficient (Wildman–Crippen LogP) is 2.74. The Labute approximate surface area is 84.9 Å². The molecule has 1 atom stereocenters. The minimum absolute atomic E-state index is 0.209. The van der Waals surface area contributed by atoms with E-state index in [0.717, 1.165) is 6.42 Å². The summed E-state index contributed by atoms with van der Waals surface area (Å²) in [6.45, 7) is 4.02. The third kappa shape index (κ3) is 3.21. The molecule has 0 aromatic heterocycles. The molecule has 0 heterocycles. The summed E-state index contributed by atoms with van der Waals surface area (Å²) in [5.41, 5.74) is 1.23. The molecule has 0 unspecified atom stereocenters. The molecule has 2 nitrogen and oxygen atoms in total. The monoisotopic (exact) mass is 192 g/mol. The average Bonchev–Trinajstić information content (AvgIpc) is 2.20. The van der Waals surface area contributed by atoms with Crippen LogP contribution in [-0.2, 0) is 9.53 Å². The topological polar surface area (TPSA) is 26.3 Å². The lowest BCUT2D eigenvalue weighted by atomic mass is 9.98. The molecular weight excluding hydrogens is 176 g/mol. The summed E-state index contributed by atoms with van der Waals surface area (Å²) in [5.74, 6) is 0.111. The summed E-state index contributed by atoms with van der Waals surface area (Å²) in [5, 5.41) is 0. The molecule has 0 bridgehead atoms. The van der Waals surface area contributed by atoms with Crippen molar-refractivity contribution in [2.45, 2.75) is 26.2 Å². The molecule has 0 N–H and O–H groups in total. The maximum Gasteiger partial charge on any atom is 0.302 e. The molecule has 14 heavy (non-hydrogen) atoms. The van der Waals surface area contributed by atoms with E-state index in [-0.39, 0.29) is 5.97 Å². The van der Waals surface area contributed by atoms with Gasteiger partial charge in [0.15, 0.2) is 0 Å². The van der Waals surface area contributed by atoms with Crippen LogP contribution in [0.1, 0.15) is 31.7 Å². The van der Waals surface area contributed by atoms with Gasteiger partial charge in [-0.25, -0.2) is 0 Å². The lowest BCUT2D eigenvalue weighted by Crippen LogP contribution is -2.09. The van der Waals surface area contributed by atoms with Crippen LogP contribution in [0.15, 0.2) is 30.3 Å². The van der Waals surface area contributed by atoms with E-state index in [9.17, 15) is 4.79 Å². The molecule has 0 amide bonds. The fraction of sp³-hybridized carbons (Fsp3) is 0.417. The van der Waals surface area contributed by atoms with Crippen molar-refractivity contribution in [3.8, 4) is 0 Å². The zero-order valence-corrected chi connectivity index (χ0v) is 8.69. The Morgan fingerprint density at radius 1 is 1.36 bits per heavy atom. The number of rotatable bonds is 4. The summed E-state index contributed by atoms with van der Waals surface area (Å²) < 4.78 is 5.01. The van der Waals surface area contributed by atoms with Crippen molar-refractivity contribution < 1.29 is 9.53 Å². The van der Waals surface area contributed by atoms with Gasteiger partial charge in [0.25, 0.3) is 0 Å². The van der Waals surface area contributed by atoms with E-state index in [0.29, 0.717) is 12.5 Å². The van der Waals surface area contributed by atoms with Crippen LogP contribution in [-0.4, -0.2) is 12.6 Å². The predicted molar refractivity (Wildman–Crippen MR) is 56.1 cm³/mol. The van der Waals surface area contributed by atoms with Crippen LogP contribution in [0, 0.1) is 0 Å². The molecule has 0 fully saturated rings. The van der Waals surface area contributed by atoms with Crippen molar-refractivity contribution in [1.29, 1.82) is 0 Å². The number of benzene rings is 1. The van der Waals surface area contributed by atoms with E-state index in [4.69, 9.17) is 4.74 Å². The number of carbonyl (C=O) groups excluding carboxylic acids is 1.